The molecule has 1 amide bonds. The summed E-state index contributed by atoms with van der Waals surface area (Å²) in [7, 11) is 1.57. The van der Waals surface area contributed by atoms with Crippen LogP contribution >= 0.6 is 11.6 Å². The molecule has 0 aliphatic carbocycles. The summed E-state index contributed by atoms with van der Waals surface area (Å²) in [6.07, 6.45) is 3.12. The van der Waals surface area contributed by atoms with Crippen LogP contribution in [0, 0.1) is 0 Å². The molecule has 0 radical (unpaired) electrons. The van der Waals surface area contributed by atoms with Crippen LogP contribution in [0.25, 0.3) is 6.08 Å². The Morgan fingerprint density at radius 2 is 2.16 bits per heavy atom. The predicted molar refractivity (Wildman–Crippen MR) is 76.0 cm³/mol. The van der Waals surface area contributed by atoms with Gasteiger partial charge in [-0.1, -0.05) is 29.8 Å². The van der Waals surface area contributed by atoms with Crippen LogP contribution in [0.2, 0.25) is 5.02 Å². The van der Waals surface area contributed by atoms with Crippen LogP contribution in [0.1, 0.15) is 5.56 Å². The van der Waals surface area contributed by atoms with Crippen molar-refractivity contribution in [3.63, 3.8) is 0 Å². The maximum atomic E-state index is 12.0. The van der Waals surface area contributed by atoms with E-state index in [0.717, 1.165) is 5.56 Å². The third kappa shape index (κ3) is 5.42. The summed E-state index contributed by atoms with van der Waals surface area (Å²) in [4.78, 5) is 13.5. The van der Waals surface area contributed by atoms with Crippen molar-refractivity contribution in [2.24, 2.45) is 0 Å². The first kappa shape index (κ1) is 15.7. The second kappa shape index (κ2) is 8.69. The number of carbonyl (C=O) groups excluding carboxylic acids is 1. The summed E-state index contributed by atoms with van der Waals surface area (Å²) in [6, 6.07) is 7.28. The average molecular weight is 284 g/mol. The molecular weight excluding hydrogens is 266 g/mol. The molecule has 0 bridgehead atoms. The molecule has 1 aromatic carbocycles. The van der Waals surface area contributed by atoms with Gasteiger partial charge in [-0.15, -0.1) is 0 Å². The molecule has 0 atom stereocenters. The van der Waals surface area contributed by atoms with Gasteiger partial charge in [-0.25, -0.2) is 0 Å². The maximum absolute atomic E-state index is 12.0. The number of carbonyl (C=O) groups is 1. The lowest BCUT2D eigenvalue weighted by atomic mass is 10.2. The van der Waals surface area contributed by atoms with Crippen molar-refractivity contribution in [1.82, 2.24) is 4.90 Å². The van der Waals surface area contributed by atoms with E-state index >= 15 is 0 Å². The van der Waals surface area contributed by atoms with Gasteiger partial charge < -0.3 is 14.7 Å². The number of methoxy groups -OCH3 is 1. The molecule has 0 spiro atoms. The normalized spacial score (nSPS) is 10.9. The molecule has 0 aliphatic heterocycles. The van der Waals surface area contributed by atoms with E-state index in [4.69, 9.17) is 21.4 Å². The number of nitrogens with zero attached hydrogens (tertiary/aromatic N) is 1. The number of benzene rings is 1. The molecule has 4 nitrogen and oxygen atoms in total. The summed E-state index contributed by atoms with van der Waals surface area (Å²) in [5.41, 5.74) is 0.785. The fourth-order valence-electron chi connectivity index (χ4n) is 1.53. The van der Waals surface area contributed by atoms with Gasteiger partial charge in [0.15, 0.2) is 0 Å². The molecule has 1 N–H and O–H groups in total. The van der Waals surface area contributed by atoms with Gasteiger partial charge in [0.1, 0.15) is 0 Å². The van der Waals surface area contributed by atoms with Crippen molar-refractivity contribution in [2.45, 2.75) is 0 Å². The van der Waals surface area contributed by atoms with Crippen LogP contribution in [0.3, 0.4) is 0 Å². The van der Waals surface area contributed by atoms with Crippen molar-refractivity contribution in [3.8, 4) is 0 Å². The second-order valence-electron chi connectivity index (χ2n) is 3.90. The van der Waals surface area contributed by atoms with Gasteiger partial charge in [-0.3, -0.25) is 4.79 Å². The number of aliphatic hydroxyl groups excluding tert-OH is 1. The monoisotopic (exact) mass is 283 g/mol. The lowest BCUT2D eigenvalue weighted by Gasteiger charge is -2.19. The van der Waals surface area contributed by atoms with E-state index in [1.165, 1.54) is 11.0 Å². The van der Waals surface area contributed by atoms with Crippen molar-refractivity contribution in [2.75, 3.05) is 33.4 Å². The zero-order chi connectivity index (χ0) is 14.1. The van der Waals surface area contributed by atoms with E-state index in [9.17, 15) is 4.79 Å². The first-order valence-corrected chi connectivity index (χ1v) is 6.38. The highest BCUT2D eigenvalue weighted by molar-refractivity contribution is 6.32. The quantitative estimate of drug-likeness (QED) is 0.777. The van der Waals surface area contributed by atoms with Crippen molar-refractivity contribution >= 4 is 23.6 Å². The first-order chi connectivity index (χ1) is 9.19. The summed E-state index contributed by atoms with van der Waals surface area (Å²) in [5.74, 6) is -0.175. The maximum Gasteiger partial charge on any atom is 0.246 e. The Morgan fingerprint density at radius 3 is 2.79 bits per heavy atom. The predicted octanol–water partition coefficient (Wildman–Crippen LogP) is 1.82. The van der Waals surface area contributed by atoms with E-state index in [0.29, 0.717) is 18.2 Å². The molecule has 0 aliphatic rings. The highest BCUT2D eigenvalue weighted by atomic mass is 35.5. The summed E-state index contributed by atoms with van der Waals surface area (Å²) in [5, 5.41) is 9.53. The van der Waals surface area contributed by atoms with Gasteiger partial charge in [0.25, 0.3) is 0 Å². The Hall–Kier alpha value is -1.36. The van der Waals surface area contributed by atoms with Crippen LogP contribution in [0.4, 0.5) is 0 Å². The Labute approximate surface area is 118 Å². The van der Waals surface area contributed by atoms with Crippen LogP contribution < -0.4 is 0 Å². The largest absolute Gasteiger partial charge is 0.395 e. The SMILES string of the molecule is COCCN(CCO)C(=O)/C=C/c1ccccc1Cl. The molecule has 0 saturated heterocycles. The van der Waals surface area contributed by atoms with Gasteiger partial charge in [0.05, 0.1) is 13.2 Å². The summed E-state index contributed by atoms with van der Waals surface area (Å²) in [6.45, 7) is 1.10. The highest BCUT2D eigenvalue weighted by Gasteiger charge is 2.09. The Balaban J connectivity index is 2.67. The fourth-order valence-corrected chi connectivity index (χ4v) is 1.73. The van der Waals surface area contributed by atoms with E-state index < -0.39 is 0 Å². The van der Waals surface area contributed by atoms with E-state index in [-0.39, 0.29) is 19.1 Å². The third-order valence-electron chi connectivity index (χ3n) is 2.56. The summed E-state index contributed by atoms with van der Waals surface area (Å²) < 4.78 is 4.93. The highest BCUT2D eigenvalue weighted by Crippen LogP contribution is 2.16. The van der Waals surface area contributed by atoms with Gasteiger partial charge >= 0.3 is 0 Å². The standard InChI is InChI=1S/C14H18ClNO3/c1-19-11-9-16(8-10-17)14(18)7-6-12-4-2-3-5-13(12)15/h2-7,17H,8-11H2,1H3/b7-6+. The van der Waals surface area contributed by atoms with Gasteiger partial charge in [-0.2, -0.15) is 0 Å². The number of halogens is 1. The summed E-state index contributed by atoms with van der Waals surface area (Å²) >= 11 is 6.00. The average Bonchev–Trinajstić information content (AvgIpc) is 2.42. The molecule has 104 valence electrons. The van der Waals surface area contributed by atoms with E-state index in [1.54, 1.807) is 19.3 Å². The van der Waals surface area contributed by atoms with Gasteiger partial charge in [0.2, 0.25) is 5.91 Å². The van der Waals surface area contributed by atoms with E-state index in [1.807, 2.05) is 18.2 Å². The minimum atomic E-state index is -0.175. The Bertz CT molecular complexity index is 434. The molecule has 0 fully saturated rings. The Kier molecular flexibility index (Phi) is 7.18. The van der Waals surface area contributed by atoms with Crippen LogP contribution in [0.15, 0.2) is 30.3 Å². The fraction of sp³-hybridized carbons (Fsp3) is 0.357. The molecule has 1 rings (SSSR count). The molecule has 0 heterocycles. The minimum Gasteiger partial charge on any atom is -0.395 e. The minimum absolute atomic E-state index is 0.0740. The number of rotatable bonds is 7. The second-order valence-corrected chi connectivity index (χ2v) is 4.30. The molecule has 0 aromatic heterocycles. The topological polar surface area (TPSA) is 49.8 Å². The lowest BCUT2D eigenvalue weighted by Crippen LogP contribution is -2.34. The molecule has 5 heteroatoms. The van der Waals surface area contributed by atoms with Crippen molar-refractivity contribution < 1.29 is 14.6 Å². The molecule has 19 heavy (non-hydrogen) atoms. The zero-order valence-corrected chi connectivity index (χ0v) is 11.6. The van der Waals surface area contributed by atoms with Crippen molar-refractivity contribution in [3.05, 3.63) is 40.9 Å². The van der Waals surface area contributed by atoms with Gasteiger partial charge in [-0.05, 0) is 17.7 Å². The zero-order valence-electron chi connectivity index (χ0n) is 10.9. The molecular formula is C14H18ClNO3. The number of hydrogen-bond acceptors (Lipinski definition) is 3. The Morgan fingerprint density at radius 1 is 1.42 bits per heavy atom. The first-order valence-electron chi connectivity index (χ1n) is 6.00. The molecule has 0 saturated carbocycles. The van der Waals surface area contributed by atoms with Crippen molar-refractivity contribution in [1.29, 1.82) is 0 Å². The van der Waals surface area contributed by atoms with Crippen LogP contribution in [-0.2, 0) is 9.53 Å². The van der Waals surface area contributed by atoms with E-state index in [2.05, 4.69) is 0 Å². The number of ether oxygens (including phenoxy) is 1. The molecule has 0 unspecified atom stereocenters. The van der Waals surface area contributed by atoms with Crippen LogP contribution in [-0.4, -0.2) is 49.3 Å². The number of aliphatic hydroxyl groups is 1. The number of amides is 1. The van der Waals surface area contributed by atoms with Crippen LogP contribution in [0.5, 0.6) is 0 Å². The lowest BCUT2D eigenvalue weighted by molar-refractivity contribution is -0.127. The molecule has 1 aromatic rings. The third-order valence-corrected chi connectivity index (χ3v) is 2.90. The number of hydrogen-bond donors (Lipinski definition) is 1. The smallest absolute Gasteiger partial charge is 0.246 e. The van der Waals surface area contributed by atoms with Gasteiger partial charge in [0, 0.05) is 31.3 Å².